The summed E-state index contributed by atoms with van der Waals surface area (Å²) >= 11 is 0. The van der Waals surface area contributed by atoms with Crippen molar-refractivity contribution >= 4 is 11.6 Å². The Kier molecular flexibility index (Phi) is 5.58. The van der Waals surface area contributed by atoms with Crippen LogP contribution in [0.5, 0.6) is 0 Å². The van der Waals surface area contributed by atoms with Crippen LogP contribution >= 0.6 is 0 Å². The van der Waals surface area contributed by atoms with Gasteiger partial charge in [0, 0.05) is 18.7 Å². The fraction of sp³-hybridized carbons (Fsp3) is 0.353. The van der Waals surface area contributed by atoms with Crippen molar-refractivity contribution in [1.29, 1.82) is 0 Å². The quantitative estimate of drug-likeness (QED) is 0.768. The maximum absolute atomic E-state index is 12.0. The smallest absolute Gasteiger partial charge is 0.225 e. The Morgan fingerprint density at radius 1 is 1.24 bits per heavy atom. The minimum atomic E-state index is 0.0333. The lowest BCUT2D eigenvalue weighted by Crippen LogP contribution is -2.22. The molecule has 0 unspecified atom stereocenters. The molecule has 4 heteroatoms. The molecule has 0 aliphatic heterocycles. The molecule has 21 heavy (non-hydrogen) atoms. The van der Waals surface area contributed by atoms with Crippen molar-refractivity contribution in [2.75, 3.05) is 11.9 Å². The predicted octanol–water partition coefficient (Wildman–Crippen LogP) is 3.27. The zero-order valence-corrected chi connectivity index (χ0v) is 12.6. The van der Waals surface area contributed by atoms with E-state index in [4.69, 9.17) is 4.42 Å². The number of nitrogens with one attached hydrogen (secondary N) is 2. The van der Waals surface area contributed by atoms with Crippen LogP contribution in [0, 0.1) is 6.92 Å². The number of rotatable bonds is 7. The second-order valence-corrected chi connectivity index (χ2v) is 5.02. The normalized spacial score (nSPS) is 10.6. The number of furan rings is 1. The van der Waals surface area contributed by atoms with Gasteiger partial charge in [-0.3, -0.25) is 4.79 Å². The minimum absolute atomic E-state index is 0.0333. The van der Waals surface area contributed by atoms with E-state index in [-0.39, 0.29) is 5.91 Å². The topological polar surface area (TPSA) is 54.3 Å². The molecule has 1 aromatic heterocycles. The van der Waals surface area contributed by atoms with Gasteiger partial charge in [0.1, 0.15) is 5.76 Å². The van der Waals surface area contributed by atoms with Crippen LogP contribution in [0.1, 0.15) is 30.2 Å². The number of amides is 1. The van der Waals surface area contributed by atoms with Crippen molar-refractivity contribution in [2.24, 2.45) is 0 Å². The average Bonchev–Trinajstić information content (AvgIpc) is 2.99. The maximum Gasteiger partial charge on any atom is 0.225 e. The third kappa shape index (κ3) is 4.46. The van der Waals surface area contributed by atoms with Crippen LogP contribution in [0.25, 0.3) is 0 Å². The molecule has 0 saturated heterocycles. The Morgan fingerprint density at radius 2 is 2.10 bits per heavy atom. The van der Waals surface area contributed by atoms with E-state index in [9.17, 15) is 4.79 Å². The predicted molar refractivity (Wildman–Crippen MR) is 84.2 cm³/mol. The van der Waals surface area contributed by atoms with E-state index >= 15 is 0 Å². The fourth-order valence-electron chi connectivity index (χ4n) is 2.23. The van der Waals surface area contributed by atoms with Gasteiger partial charge in [-0.25, -0.2) is 0 Å². The van der Waals surface area contributed by atoms with Crippen LogP contribution in [0.2, 0.25) is 0 Å². The molecule has 1 heterocycles. The van der Waals surface area contributed by atoms with Crippen molar-refractivity contribution in [3.63, 3.8) is 0 Å². The van der Waals surface area contributed by atoms with E-state index in [0.29, 0.717) is 19.5 Å². The van der Waals surface area contributed by atoms with Gasteiger partial charge in [0.05, 0.1) is 12.8 Å². The Balaban J connectivity index is 1.79. The molecule has 0 saturated carbocycles. The van der Waals surface area contributed by atoms with E-state index in [2.05, 4.69) is 23.6 Å². The third-order valence-electron chi connectivity index (χ3n) is 3.41. The number of carbonyl (C=O) groups is 1. The largest absolute Gasteiger partial charge is 0.468 e. The van der Waals surface area contributed by atoms with E-state index < -0.39 is 0 Å². The molecule has 0 aliphatic carbocycles. The Labute approximate surface area is 125 Å². The zero-order valence-electron chi connectivity index (χ0n) is 12.6. The highest BCUT2D eigenvalue weighted by Crippen LogP contribution is 2.21. The summed E-state index contributed by atoms with van der Waals surface area (Å²) in [6.07, 6.45) is 3.00. The fourth-order valence-corrected chi connectivity index (χ4v) is 2.23. The second-order valence-electron chi connectivity index (χ2n) is 5.02. The summed E-state index contributed by atoms with van der Waals surface area (Å²) in [5, 5.41) is 6.21. The van der Waals surface area contributed by atoms with Crippen molar-refractivity contribution < 1.29 is 9.21 Å². The Morgan fingerprint density at radius 3 is 2.81 bits per heavy atom. The summed E-state index contributed by atoms with van der Waals surface area (Å²) in [5.74, 6) is 0.911. The summed E-state index contributed by atoms with van der Waals surface area (Å²) in [6, 6.07) is 9.86. The van der Waals surface area contributed by atoms with Gasteiger partial charge in [0.25, 0.3) is 0 Å². The highest BCUT2D eigenvalue weighted by Gasteiger charge is 2.08. The van der Waals surface area contributed by atoms with Crippen LogP contribution < -0.4 is 10.6 Å². The molecule has 112 valence electrons. The van der Waals surface area contributed by atoms with Gasteiger partial charge in [-0.2, -0.15) is 0 Å². The summed E-state index contributed by atoms with van der Waals surface area (Å²) in [4.78, 5) is 12.0. The van der Waals surface area contributed by atoms with Crippen LogP contribution in [0.4, 0.5) is 5.69 Å². The van der Waals surface area contributed by atoms with Gasteiger partial charge < -0.3 is 15.1 Å². The molecule has 0 aliphatic rings. The lowest BCUT2D eigenvalue weighted by atomic mass is 10.1. The SMILES string of the molecule is CCc1cccc(C)c1NC(=O)CCNCc1ccco1. The molecule has 2 N–H and O–H groups in total. The van der Waals surface area contributed by atoms with Crippen molar-refractivity contribution in [3.8, 4) is 0 Å². The van der Waals surface area contributed by atoms with E-state index in [1.807, 2.05) is 31.2 Å². The first-order valence-electron chi connectivity index (χ1n) is 7.32. The highest BCUT2D eigenvalue weighted by molar-refractivity contribution is 5.92. The monoisotopic (exact) mass is 286 g/mol. The van der Waals surface area contributed by atoms with Crippen LogP contribution in [-0.2, 0) is 17.8 Å². The molecule has 4 nitrogen and oxygen atoms in total. The van der Waals surface area contributed by atoms with Crippen LogP contribution in [0.3, 0.4) is 0 Å². The average molecular weight is 286 g/mol. The first kappa shape index (κ1) is 15.3. The van der Waals surface area contributed by atoms with Gasteiger partial charge in [0.15, 0.2) is 0 Å². The molecule has 0 radical (unpaired) electrons. The van der Waals surface area contributed by atoms with E-state index in [0.717, 1.165) is 23.4 Å². The lowest BCUT2D eigenvalue weighted by Gasteiger charge is -2.13. The molecule has 2 aromatic rings. The van der Waals surface area contributed by atoms with E-state index in [1.165, 1.54) is 5.56 Å². The highest BCUT2D eigenvalue weighted by atomic mass is 16.3. The number of hydrogen-bond acceptors (Lipinski definition) is 3. The van der Waals surface area contributed by atoms with E-state index in [1.54, 1.807) is 6.26 Å². The first-order chi connectivity index (χ1) is 10.2. The zero-order chi connectivity index (χ0) is 15.1. The Hall–Kier alpha value is -2.07. The van der Waals surface area contributed by atoms with Gasteiger partial charge in [-0.05, 0) is 36.6 Å². The number of benzene rings is 1. The summed E-state index contributed by atoms with van der Waals surface area (Å²) < 4.78 is 5.22. The molecule has 0 spiro atoms. The molecular formula is C17H22N2O2. The lowest BCUT2D eigenvalue weighted by molar-refractivity contribution is -0.116. The molecule has 0 fully saturated rings. The van der Waals surface area contributed by atoms with Crippen LogP contribution in [-0.4, -0.2) is 12.5 Å². The molecule has 0 bridgehead atoms. The number of carbonyl (C=O) groups excluding carboxylic acids is 1. The summed E-state index contributed by atoms with van der Waals surface area (Å²) in [7, 11) is 0. The number of anilines is 1. The molecular weight excluding hydrogens is 264 g/mol. The number of hydrogen-bond donors (Lipinski definition) is 2. The van der Waals surface area contributed by atoms with Crippen LogP contribution in [0.15, 0.2) is 41.0 Å². The van der Waals surface area contributed by atoms with Crippen molar-refractivity contribution in [2.45, 2.75) is 33.2 Å². The van der Waals surface area contributed by atoms with Crippen molar-refractivity contribution in [1.82, 2.24) is 5.32 Å². The molecule has 1 aromatic carbocycles. The van der Waals surface area contributed by atoms with Gasteiger partial charge in [-0.1, -0.05) is 25.1 Å². The summed E-state index contributed by atoms with van der Waals surface area (Å²) in [6.45, 7) is 5.38. The van der Waals surface area contributed by atoms with Gasteiger partial charge in [-0.15, -0.1) is 0 Å². The summed E-state index contributed by atoms with van der Waals surface area (Å²) in [5.41, 5.74) is 3.23. The first-order valence-corrected chi connectivity index (χ1v) is 7.32. The van der Waals surface area contributed by atoms with Crippen molar-refractivity contribution in [3.05, 3.63) is 53.5 Å². The third-order valence-corrected chi connectivity index (χ3v) is 3.41. The molecule has 2 rings (SSSR count). The maximum atomic E-state index is 12.0. The molecule has 0 atom stereocenters. The molecule has 1 amide bonds. The standard InChI is InChI=1S/C17H22N2O2/c1-3-14-7-4-6-13(2)17(14)19-16(20)9-10-18-12-15-8-5-11-21-15/h4-8,11,18H,3,9-10,12H2,1-2H3,(H,19,20). The minimum Gasteiger partial charge on any atom is -0.468 e. The Bertz CT molecular complexity index is 576. The second kappa shape index (κ2) is 7.64. The number of para-hydroxylation sites is 1. The van der Waals surface area contributed by atoms with Gasteiger partial charge in [0.2, 0.25) is 5.91 Å². The number of aryl methyl sites for hydroxylation is 2. The van der Waals surface area contributed by atoms with Gasteiger partial charge >= 0.3 is 0 Å².